The summed E-state index contributed by atoms with van der Waals surface area (Å²) in [5.74, 6) is 2.86. The van der Waals surface area contributed by atoms with Crippen LogP contribution >= 0.6 is 15.9 Å². The molecule has 4 rings (SSSR count). The van der Waals surface area contributed by atoms with Crippen LogP contribution in [-0.2, 0) is 0 Å². The smallest absolute Gasteiger partial charge is 0.0693 e. The van der Waals surface area contributed by atoms with Crippen LogP contribution in [0, 0.1) is 23.2 Å². The Balaban J connectivity index is 1.87. The Kier molecular flexibility index (Phi) is 2.22. The van der Waals surface area contributed by atoms with Gasteiger partial charge in [-0.05, 0) is 61.7 Å². The highest BCUT2D eigenvalue weighted by Gasteiger charge is 2.53. The normalized spacial score (nSPS) is 52.3. The SMILES string of the molecule is O[C@@H](CBr)C12CC3CC(CC(C3)C1)C2. The first-order valence-electron chi connectivity index (χ1n) is 5.96. The van der Waals surface area contributed by atoms with E-state index in [1.54, 1.807) is 0 Å². The molecule has 80 valence electrons. The van der Waals surface area contributed by atoms with Crippen LogP contribution in [0.1, 0.15) is 38.5 Å². The second kappa shape index (κ2) is 3.21. The van der Waals surface area contributed by atoms with E-state index in [0.29, 0.717) is 5.41 Å². The molecule has 4 fully saturated rings. The lowest BCUT2D eigenvalue weighted by molar-refractivity contribution is -0.111. The number of rotatable bonds is 2. The fourth-order valence-corrected chi connectivity index (χ4v) is 5.44. The van der Waals surface area contributed by atoms with Crippen LogP contribution < -0.4 is 0 Å². The van der Waals surface area contributed by atoms with E-state index in [1.165, 1.54) is 38.5 Å². The molecule has 0 aliphatic heterocycles. The van der Waals surface area contributed by atoms with Gasteiger partial charge < -0.3 is 5.11 Å². The average Bonchev–Trinajstić information content (AvgIpc) is 2.14. The monoisotopic (exact) mass is 258 g/mol. The molecule has 1 nitrogen and oxygen atoms in total. The molecule has 0 aromatic heterocycles. The minimum absolute atomic E-state index is 0.0871. The molecule has 0 spiro atoms. The summed E-state index contributed by atoms with van der Waals surface area (Å²) >= 11 is 3.46. The van der Waals surface area contributed by atoms with Gasteiger partial charge in [-0.3, -0.25) is 0 Å². The van der Waals surface area contributed by atoms with Crippen molar-refractivity contribution >= 4 is 15.9 Å². The lowest BCUT2D eigenvalue weighted by Gasteiger charge is -2.58. The molecule has 0 saturated heterocycles. The van der Waals surface area contributed by atoms with Gasteiger partial charge in [0.05, 0.1) is 6.10 Å². The molecular weight excluding hydrogens is 240 g/mol. The van der Waals surface area contributed by atoms with E-state index in [1.807, 2.05) is 0 Å². The first kappa shape index (κ1) is 9.65. The van der Waals surface area contributed by atoms with Gasteiger partial charge in [0.1, 0.15) is 0 Å². The second-order valence-corrected chi connectivity index (χ2v) is 6.60. The first-order chi connectivity index (χ1) is 6.72. The maximum atomic E-state index is 10.2. The van der Waals surface area contributed by atoms with Crippen molar-refractivity contribution in [2.24, 2.45) is 23.2 Å². The minimum Gasteiger partial charge on any atom is -0.392 e. The van der Waals surface area contributed by atoms with Crippen molar-refractivity contribution in [2.75, 3.05) is 5.33 Å². The number of alkyl halides is 1. The number of aliphatic hydroxyl groups excluding tert-OH is 1. The predicted octanol–water partition coefficient (Wildman–Crippen LogP) is 2.96. The van der Waals surface area contributed by atoms with Gasteiger partial charge in [-0.1, -0.05) is 15.9 Å². The molecule has 4 aliphatic carbocycles. The summed E-state index contributed by atoms with van der Waals surface area (Å²) in [4.78, 5) is 0. The fourth-order valence-electron chi connectivity index (χ4n) is 4.75. The third kappa shape index (κ3) is 1.30. The summed E-state index contributed by atoms with van der Waals surface area (Å²) in [7, 11) is 0. The Morgan fingerprint density at radius 1 is 1.07 bits per heavy atom. The highest BCUT2D eigenvalue weighted by molar-refractivity contribution is 9.09. The molecule has 1 N–H and O–H groups in total. The van der Waals surface area contributed by atoms with Crippen molar-refractivity contribution < 1.29 is 5.11 Å². The Hall–Kier alpha value is 0.440. The van der Waals surface area contributed by atoms with Crippen molar-refractivity contribution in [1.82, 2.24) is 0 Å². The Bertz CT molecular complexity index is 203. The predicted molar refractivity (Wildman–Crippen MR) is 60.4 cm³/mol. The van der Waals surface area contributed by atoms with Gasteiger partial charge in [0.15, 0.2) is 0 Å². The van der Waals surface area contributed by atoms with Crippen molar-refractivity contribution in [3.63, 3.8) is 0 Å². The standard InChI is InChI=1S/C12H19BrO/c13-7-11(14)12-4-8-1-9(5-12)3-10(2-8)6-12/h8-11,14H,1-7H2/t8?,9?,10?,11-,12?/m0/s1. The van der Waals surface area contributed by atoms with Crippen molar-refractivity contribution in [1.29, 1.82) is 0 Å². The van der Waals surface area contributed by atoms with Crippen LogP contribution in [0.15, 0.2) is 0 Å². The van der Waals surface area contributed by atoms with E-state index in [0.717, 1.165) is 23.1 Å². The number of halogens is 1. The van der Waals surface area contributed by atoms with Crippen LogP contribution in [0.5, 0.6) is 0 Å². The van der Waals surface area contributed by atoms with E-state index >= 15 is 0 Å². The third-order valence-electron chi connectivity index (χ3n) is 4.94. The van der Waals surface area contributed by atoms with Gasteiger partial charge in [-0.15, -0.1) is 0 Å². The second-order valence-electron chi connectivity index (χ2n) is 5.95. The number of aliphatic hydroxyl groups is 1. The molecule has 14 heavy (non-hydrogen) atoms. The summed E-state index contributed by atoms with van der Waals surface area (Å²) in [6.07, 6.45) is 8.25. The Morgan fingerprint density at radius 3 is 1.86 bits per heavy atom. The molecule has 0 amide bonds. The van der Waals surface area contributed by atoms with E-state index < -0.39 is 0 Å². The summed E-state index contributed by atoms with van der Waals surface area (Å²) in [6, 6.07) is 0. The van der Waals surface area contributed by atoms with Crippen molar-refractivity contribution in [3.05, 3.63) is 0 Å². The summed E-state index contributed by atoms with van der Waals surface area (Å²) in [6.45, 7) is 0. The molecular formula is C12H19BrO. The molecule has 0 unspecified atom stereocenters. The molecule has 4 aliphatic rings. The van der Waals surface area contributed by atoms with Crippen LogP contribution in [0.4, 0.5) is 0 Å². The highest BCUT2D eigenvalue weighted by atomic mass is 79.9. The van der Waals surface area contributed by atoms with E-state index in [-0.39, 0.29) is 6.10 Å². The maximum Gasteiger partial charge on any atom is 0.0693 e. The van der Waals surface area contributed by atoms with Crippen LogP contribution in [0.2, 0.25) is 0 Å². The molecule has 4 saturated carbocycles. The summed E-state index contributed by atoms with van der Waals surface area (Å²) in [5, 5.41) is 11.0. The number of hydrogen-bond donors (Lipinski definition) is 1. The van der Waals surface area contributed by atoms with Gasteiger partial charge in [0.25, 0.3) is 0 Å². The number of hydrogen-bond acceptors (Lipinski definition) is 1. The van der Waals surface area contributed by atoms with E-state index in [4.69, 9.17) is 0 Å². The van der Waals surface area contributed by atoms with Crippen molar-refractivity contribution in [2.45, 2.75) is 44.6 Å². The summed E-state index contributed by atoms with van der Waals surface area (Å²) < 4.78 is 0. The third-order valence-corrected chi connectivity index (χ3v) is 5.55. The molecule has 4 bridgehead atoms. The van der Waals surface area contributed by atoms with Crippen LogP contribution in [0.3, 0.4) is 0 Å². The molecule has 0 radical (unpaired) electrons. The minimum atomic E-state index is -0.0871. The molecule has 2 heteroatoms. The largest absolute Gasteiger partial charge is 0.392 e. The quantitative estimate of drug-likeness (QED) is 0.756. The molecule has 1 atom stereocenters. The van der Waals surface area contributed by atoms with Gasteiger partial charge >= 0.3 is 0 Å². The van der Waals surface area contributed by atoms with Crippen LogP contribution in [0.25, 0.3) is 0 Å². The van der Waals surface area contributed by atoms with Gasteiger partial charge in [-0.25, -0.2) is 0 Å². The zero-order chi connectivity index (χ0) is 9.76. The van der Waals surface area contributed by atoms with Gasteiger partial charge in [0, 0.05) is 5.33 Å². The lowest BCUT2D eigenvalue weighted by Crippen LogP contribution is -2.52. The molecule has 0 aromatic carbocycles. The Labute approximate surface area is 94.4 Å². The molecule has 0 aromatic rings. The zero-order valence-corrected chi connectivity index (χ0v) is 10.2. The van der Waals surface area contributed by atoms with Gasteiger partial charge in [0.2, 0.25) is 0 Å². The molecule has 0 heterocycles. The lowest BCUT2D eigenvalue weighted by atomic mass is 9.48. The van der Waals surface area contributed by atoms with Crippen LogP contribution in [-0.4, -0.2) is 16.5 Å². The zero-order valence-electron chi connectivity index (χ0n) is 8.58. The van der Waals surface area contributed by atoms with Gasteiger partial charge in [-0.2, -0.15) is 0 Å². The topological polar surface area (TPSA) is 20.2 Å². The first-order valence-corrected chi connectivity index (χ1v) is 7.08. The van der Waals surface area contributed by atoms with E-state index in [9.17, 15) is 5.11 Å². The summed E-state index contributed by atoms with van der Waals surface area (Å²) in [5.41, 5.74) is 0.318. The fraction of sp³-hybridized carbons (Fsp3) is 1.00. The Morgan fingerprint density at radius 2 is 1.50 bits per heavy atom. The maximum absolute atomic E-state index is 10.2. The highest BCUT2D eigenvalue weighted by Crippen LogP contribution is 2.61. The van der Waals surface area contributed by atoms with Crippen molar-refractivity contribution in [3.8, 4) is 0 Å². The average molecular weight is 259 g/mol. The van der Waals surface area contributed by atoms with E-state index in [2.05, 4.69) is 15.9 Å².